The van der Waals surface area contributed by atoms with Gasteiger partial charge < -0.3 is 15.4 Å². The molecular formula is C25H27N3O5S. The summed E-state index contributed by atoms with van der Waals surface area (Å²) in [5, 5.41) is 5.40. The molecule has 9 heteroatoms. The highest BCUT2D eigenvalue weighted by Crippen LogP contribution is 2.24. The van der Waals surface area contributed by atoms with Crippen LogP contribution in [0.3, 0.4) is 0 Å². The van der Waals surface area contributed by atoms with Crippen LogP contribution >= 0.6 is 0 Å². The van der Waals surface area contributed by atoms with E-state index >= 15 is 0 Å². The van der Waals surface area contributed by atoms with E-state index in [1.54, 1.807) is 55.5 Å². The first kappa shape index (κ1) is 24.8. The number of sulfonamides is 1. The Hall–Kier alpha value is -3.85. The minimum absolute atomic E-state index is 0.0888. The van der Waals surface area contributed by atoms with Gasteiger partial charge in [0, 0.05) is 24.3 Å². The molecule has 0 atom stereocenters. The highest BCUT2D eigenvalue weighted by molar-refractivity contribution is 7.92. The molecule has 0 spiro atoms. The molecule has 0 aromatic heterocycles. The zero-order chi connectivity index (χ0) is 24.6. The Morgan fingerprint density at radius 1 is 0.882 bits per heavy atom. The van der Waals surface area contributed by atoms with Gasteiger partial charge in [-0.3, -0.25) is 13.9 Å². The highest BCUT2D eigenvalue weighted by atomic mass is 32.2. The van der Waals surface area contributed by atoms with E-state index in [0.29, 0.717) is 29.2 Å². The van der Waals surface area contributed by atoms with Gasteiger partial charge in [0.25, 0.3) is 21.8 Å². The van der Waals surface area contributed by atoms with Crippen LogP contribution in [0.4, 0.5) is 11.4 Å². The fraction of sp³-hybridized carbons (Fsp3) is 0.200. The molecule has 3 aromatic rings. The van der Waals surface area contributed by atoms with Crippen molar-refractivity contribution in [2.75, 3.05) is 29.3 Å². The molecule has 34 heavy (non-hydrogen) atoms. The molecule has 8 nitrogen and oxygen atoms in total. The van der Waals surface area contributed by atoms with Gasteiger partial charge in [-0.05, 0) is 74.5 Å². The quantitative estimate of drug-likeness (QED) is 0.460. The molecule has 2 amide bonds. The minimum Gasteiger partial charge on any atom is -0.484 e. The Kier molecular flexibility index (Phi) is 8.26. The van der Waals surface area contributed by atoms with Gasteiger partial charge in [0.1, 0.15) is 5.75 Å². The summed E-state index contributed by atoms with van der Waals surface area (Å²) in [6.45, 7) is 4.31. The van der Waals surface area contributed by atoms with Crippen LogP contribution in [-0.2, 0) is 14.8 Å². The standard InChI is InChI=1S/C25H27N3O5S/c1-3-26-24(29)18-33-22-14-12-20(13-15-22)27-25(30)19-10-16-23(17-11-19)34(31,32)28(4-2)21-8-6-5-7-9-21/h5-17H,3-4,18H2,1-2H3,(H,26,29)(H,27,30). The smallest absolute Gasteiger partial charge is 0.264 e. The normalized spacial score (nSPS) is 10.9. The molecular weight excluding hydrogens is 454 g/mol. The van der Waals surface area contributed by atoms with Crippen LogP contribution in [-0.4, -0.2) is 39.9 Å². The number of hydrogen-bond donors (Lipinski definition) is 2. The fourth-order valence-electron chi connectivity index (χ4n) is 3.23. The van der Waals surface area contributed by atoms with Gasteiger partial charge in [-0.15, -0.1) is 0 Å². The van der Waals surface area contributed by atoms with E-state index in [1.807, 2.05) is 13.0 Å². The van der Waals surface area contributed by atoms with E-state index in [4.69, 9.17) is 4.74 Å². The molecule has 0 saturated carbocycles. The summed E-state index contributed by atoms with van der Waals surface area (Å²) in [6, 6.07) is 21.3. The second-order valence-corrected chi connectivity index (χ2v) is 9.11. The average Bonchev–Trinajstić information content (AvgIpc) is 2.85. The van der Waals surface area contributed by atoms with Gasteiger partial charge in [0.15, 0.2) is 6.61 Å². The van der Waals surface area contributed by atoms with E-state index < -0.39 is 10.0 Å². The SMILES string of the molecule is CCNC(=O)COc1ccc(NC(=O)c2ccc(S(=O)(=O)N(CC)c3ccccc3)cc2)cc1. The summed E-state index contributed by atoms with van der Waals surface area (Å²) in [5.41, 5.74) is 1.43. The van der Waals surface area contributed by atoms with Crippen molar-refractivity contribution in [3.63, 3.8) is 0 Å². The van der Waals surface area contributed by atoms with Crippen LogP contribution in [0, 0.1) is 0 Å². The van der Waals surface area contributed by atoms with Crippen LogP contribution in [0.5, 0.6) is 5.75 Å². The van der Waals surface area contributed by atoms with Crippen molar-refractivity contribution in [2.45, 2.75) is 18.7 Å². The van der Waals surface area contributed by atoms with Gasteiger partial charge in [0.2, 0.25) is 0 Å². The molecule has 3 aromatic carbocycles. The molecule has 0 saturated heterocycles. The first-order valence-corrected chi connectivity index (χ1v) is 12.3. The molecule has 0 radical (unpaired) electrons. The van der Waals surface area contributed by atoms with Crippen molar-refractivity contribution in [1.29, 1.82) is 0 Å². The molecule has 0 fully saturated rings. The second kappa shape index (κ2) is 11.3. The Bertz CT molecular complexity index is 1210. The number of hydrogen-bond acceptors (Lipinski definition) is 5. The third-order valence-corrected chi connectivity index (χ3v) is 6.81. The number of para-hydroxylation sites is 1. The summed E-state index contributed by atoms with van der Waals surface area (Å²) in [7, 11) is -3.77. The van der Waals surface area contributed by atoms with Gasteiger partial charge in [-0.1, -0.05) is 18.2 Å². The first-order chi connectivity index (χ1) is 16.3. The third-order valence-electron chi connectivity index (χ3n) is 4.89. The zero-order valence-corrected chi connectivity index (χ0v) is 19.8. The Balaban J connectivity index is 1.65. The molecule has 0 aliphatic rings. The molecule has 178 valence electrons. The van der Waals surface area contributed by atoms with Crippen molar-refractivity contribution in [2.24, 2.45) is 0 Å². The van der Waals surface area contributed by atoms with E-state index in [-0.39, 0.29) is 29.9 Å². The lowest BCUT2D eigenvalue weighted by Crippen LogP contribution is -2.30. The largest absolute Gasteiger partial charge is 0.484 e. The average molecular weight is 482 g/mol. The lowest BCUT2D eigenvalue weighted by molar-refractivity contribution is -0.122. The topological polar surface area (TPSA) is 105 Å². The number of rotatable bonds is 10. The maximum absolute atomic E-state index is 13.1. The number of anilines is 2. The van der Waals surface area contributed by atoms with Crippen molar-refractivity contribution in [3.05, 3.63) is 84.4 Å². The zero-order valence-electron chi connectivity index (χ0n) is 19.0. The number of carbonyl (C=O) groups excluding carboxylic acids is 2. The van der Waals surface area contributed by atoms with Gasteiger partial charge in [-0.2, -0.15) is 0 Å². The van der Waals surface area contributed by atoms with Crippen LogP contribution in [0.15, 0.2) is 83.8 Å². The maximum atomic E-state index is 13.1. The van der Waals surface area contributed by atoms with E-state index in [0.717, 1.165) is 0 Å². The lowest BCUT2D eigenvalue weighted by atomic mass is 10.2. The molecule has 0 unspecified atom stereocenters. The molecule has 3 rings (SSSR count). The van der Waals surface area contributed by atoms with Gasteiger partial charge in [-0.25, -0.2) is 8.42 Å². The Morgan fingerprint density at radius 3 is 2.12 bits per heavy atom. The van der Waals surface area contributed by atoms with Crippen molar-refractivity contribution < 1.29 is 22.7 Å². The molecule has 0 aliphatic carbocycles. The number of amides is 2. The Morgan fingerprint density at radius 2 is 1.53 bits per heavy atom. The summed E-state index contributed by atoms with van der Waals surface area (Å²) in [5.74, 6) is -0.0933. The monoisotopic (exact) mass is 481 g/mol. The summed E-state index contributed by atoms with van der Waals surface area (Å²) < 4.78 is 32.9. The third kappa shape index (κ3) is 6.14. The van der Waals surface area contributed by atoms with Crippen molar-refractivity contribution >= 4 is 33.2 Å². The molecule has 0 bridgehead atoms. The molecule has 0 heterocycles. The van der Waals surface area contributed by atoms with Crippen LogP contribution in [0.1, 0.15) is 24.2 Å². The van der Waals surface area contributed by atoms with Crippen molar-refractivity contribution in [1.82, 2.24) is 5.32 Å². The first-order valence-electron chi connectivity index (χ1n) is 10.8. The van der Waals surface area contributed by atoms with Crippen LogP contribution in [0.2, 0.25) is 0 Å². The highest BCUT2D eigenvalue weighted by Gasteiger charge is 2.23. The number of nitrogens with zero attached hydrogens (tertiary/aromatic N) is 1. The van der Waals surface area contributed by atoms with Crippen LogP contribution in [0.25, 0.3) is 0 Å². The maximum Gasteiger partial charge on any atom is 0.264 e. The predicted molar refractivity (Wildman–Crippen MR) is 132 cm³/mol. The van der Waals surface area contributed by atoms with Gasteiger partial charge in [0.05, 0.1) is 10.6 Å². The number of likely N-dealkylation sites (N-methyl/N-ethyl adjacent to an activating group) is 1. The van der Waals surface area contributed by atoms with Crippen LogP contribution < -0.4 is 19.7 Å². The number of carbonyl (C=O) groups is 2. The number of ether oxygens (including phenoxy) is 1. The predicted octanol–water partition coefficient (Wildman–Crippen LogP) is 3.67. The van der Waals surface area contributed by atoms with E-state index in [9.17, 15) is 18.0 Å². The number of benzene rings is 3. The lowest BCUT2D eigenvalue weighted by Gasteiger charge is -2.23. The van der Waals surface area contributed by atoms with E-state index in [1.165, 1.54) is 28.6 Å². The molecule has 0 aliphatic heterocycles. The summed E-state index contributed by atoms with van der Waals surface area (Å²) in [4.78, 5) is 24.2. The molecule has 2 N–H and O–H groups in total. The number of nitrogens with one attached hydrogen (secondary N) is 2. The second-order valence-electron chi connectivity index (χ2n) is 7.25. The fourth-order valence-corrected chi connectivity index (χ4v) is 4.70. The van der Waals surface area contributed by atoms with Crippen molar-refractivity contribution in [3.8, 4) is 5.75 Å². The Labute approximate surface area is 199 Å². The summed E-state index contributed by atoms with van der Waals surface area (Å²) >= 11 is 0. The van der Waals surface area contributed by atoms with Gasteiger partial charge >= 0.3 is 0 Å². The van der Waals surface area contributed by atoms with E-state index in [2.05, 4.69) is 10.6 Å². The summed E-state index contributed by atoms with van der Waals surface area (Å²) in [6.07, 6.45) is 0. The minimum atomic E-state index is -3.77.